The zero-order valence-corrected chi connectivity index (χ0v) is 18.2. The maximum atomic E-state index is 13.4. The highest BCUT2D eigenvalue weighted by atomic mass is 32.2. The van der Waals surface area contributed by atoms with Crippen LogP contribution in [-0.2, 0) is 20.9 Å². The van der Waals surface area contributed by atoms with Gasteiger partial charge in [0.2, 0.25) is 11.8 Å². The molecule has 29 heavy (non-hydrogen) atoms. The number of anilines is 1. The molecule has 0 radical (unpaired) electrons. The number of ether oxygens (including phenoxy) is 1. The summed E-state index contributed by atoms with van der Waals surface area (Å²) in [6, 6.07) is 12.0. The minimum atomic E-state index is -0.302. The summed E-state index contributed by atoms with van der Waals surface area (Å²) < 4.78 is 5.78. The summed E-state index contributed by atoms with van der Waals surface area (Å²) in [7, 11) is 0. The van der Waals surface area contributed by atoms with Crippen molar-refractivity contribution in [3.63, 3.8) is 0 Å². The van der Waals surface area contributed by atoms with Gasteiger partial charge in [0.25, 0.3) is 0 Å². The van der Waals surface area contributed by atoms with Gasteiger partial charge in [0.05, 0.1) is 18.6 Å². The smallest absolute Gasteiger partial charge is 0.228 e. The van der Waals surface area contributed by atoms with Gasteiger partial charge in [-0.3, -0.25) is 9.59 Å². The van der Waals surface area contributed by atoms with E-state index in [1.54, 1.807) is 28.0 Å². The van der Waals surface area contributed by atoms with Gasteiger partial charge in [-0.25, -0.2) is 0 Å². The maximum Gasteiger partial charge on any atom is 0.228 e. The molecule has 1 aromatic carbocycles. The van der Waals surface area contributed by atoms with Gasteiger partial charge in [-0.2, -0.15) is 0 Å². The number of amides is 2. The molecule has 2 aliphatic rings. The third-order valence-corrected chi connectivity index (χ3v) is 7.15. The Morgan fingerprint density at radius 1 is 1.31 bits per heavy atom. The SMILES string of the molecule is CSc1ccc(N2CC(C(=O)N(Cc3cccs3)CC3CCCO3)CC2=O)cc1. The minimum absolute atomic E-state index is 0.0217. The largest absolute Gasteiger partial charge is 0.376 e. The number of carbonyl (C=O) groups excluding carboxylic acids is 2. The van der Waals surface area contributed by atoms with E-state index in [9.17, 15) is 9.59 Å². The molecule has 4 rings (SSSR count). The quantitative estimate of drug-likeness (QED) is 0.623. The van der Waals surface area contributed by atoms with Gasteiger partial charge in [0.1, 0.15) is 0 Å². The number of nitrogens with zero attached hydrogens (tertiary/aromatic N) is 2. The van der Waals surface area contributed by atoms with Gasteiger partial charge in [0, 0.05) is 41.6 Å². The highest BCUT2D eigenvalue weighted by molar-refractivity contribution is 7.98. The molecular formula is C22H26N2O3S2. The topological polar surface area (TPSA) is 49.9 Å². The van der Waals surface area contributed by atoms with Crippen LogP contribution < -0.4 is 4.90 Å². The number of hydrogen-bond acceptors (Lipinski definition) is 5. The van der Waals surface area contributed by atoms with Crippen molar-refractivity contribution >= 4 is 40.6 Å². The molecule has 154 valence electrons. The molecule has 2 aromatic rings. The molecule has 2 aliphatic heterocycles. The first-order valence-corrected chi connectivity index (χ1v) is 12.1. The van der Waals surface area contributed by atoms with Crippen LogP contribution in [0, 0.1) is 5.92 Å². The van der Waals surface area contributed by atoms with Crippen LogP contribution in [0.5, 0.6) is 0 Å². The summed E-state index contributed by atoms with van der Waals surface area (Å²) in [5.74, 6) is -0.219. The van der Waals surface area contributed by atoms with E-state index in [2.05, 4.69) is 6.07 Å². The molecule has 2 fully saturated rings. The van der Waals surface area contributed by atoms with E-state index in [0.717, 1.165) is 34.9 Å². The van der Waals surface area contributed by atoms with Crippen LogP contribution in [0.1, 0.15) is 24.1 Å². The van der Waals surface area contributed by atoms with Crippen molar-refractivity contribution in [3.05, 3.63) is 46.7 Å². The fraction of sp³-hybridized carbons (Fsp3) is 0.455. The van der Waals surface area contributed by atoms with Gasteiger partial charge in [0.15, 0.2) is 0 Å². The number of thiophene rings is 1. The predicted molar refractivity (Wildman–Crippen MR) is 117 cm³/mol. The Balaban J connectivity index is 1.46. The highest BCUT2D eigenvalue weighted by Gasteiger charge is 2.38. The van der Waals surface area contributed by atoms with Crippen molar-refractivity contribution in [1.29, 1.82) is 0 Å². The summed E-state index contributed by atoms with van der Waals surface area (Å²) >= 11 is 3.33. The first-order valence-electron chi connectivity index (χ1n) is 10.0. The van der Waals surface area contributed by atoms with E-state index in [4.69, 9.17) is 4.74 Å². The van der Waals surface area contributed by atoms with Gasteiger partial charge >= 0.3 is 0 Å². The van der Waals surface area contributed by atoms with Crippen LogP contribution in [0.2, 0.25) is 0 Å². The van der Waals surface area contributed by atoms with Gasteiger partial charge < -0.3 is 14.5 Å². The fourth-order valence-corrected chi connectivity index (χ4v) is 5.13. The van der Waals surface area contributed by atoms with Crippen molar-refractivity contribution in [2.45, 2.75) is 36.8 Å². The van der Waals surface area contributed by atoms with E-state index in [1.807, 2.05) is 46.9 Å². The molecule has 2 unspecified atom stereocenters. The lowest BCUT2D eigenvalue weighted by atomic mass is 10.1. The molecule has 0 saturated carbocycles. The number of rotatable bonds is 7. The molecule has 0 bridgehead atoms. The Labute approximate surface area is 180 Å². The molecule has 1 aromatic heterocycles. The molecule has 2 saturated heterocycles. The third-order valence-electron chi connectivity index (χ3n) is 5.54. The first-order chi connectivity index (χ1) is 14.1. The lowest BCUT2D eigenvalue weighted by Crippen LogP contribution is -2.41. The lowest BCUT2D eigenvalue weighted by molar-refractivity contribution is -0.138. The van der Waals surface area contributed by atoms with Crippen LogP contribution in [0.15, 0.2) is 46.7 Å². The van der Waals surface area contributed by atoms with Crippen molar-refractivity contribution < 1.29 is 14.3 Å². The summed E-state index contributed by atoms with van der Waals surface area (Å²) in [4.78, 5) is 32.0. The summed E-state index contributed by atoms with van der Waals surface area (Å²) in [6.07, 6.45) is 4.45. The Bertz CT molecular complexity index is 832. The normalized spacial score (nSPS) is 21.7. The van der Waals surface area contributed by atoms with E-state index in [1.165, 1.54) is 0 Å². The molecular weight excluding hydrogens is 404 g/mol. The Kier molecular flexibility index (Phi) is 6.57. The van der Waals surface area contributed by atoms with E-state index >= 15 is 0 Å². The molecule has 7 heteroatoms. The van der Waals surface area contributed by atoms with Crippen LogP contribution in [0.25, 0.3) is 0 Å². The zero-order chi connectivity index (χ0) is 20.2. The molecule has 3 heterocycles. The number of carbonyl (C=O) groups is 2. The van der Waals surface area contributed by atoms with Crippen LogP contribution in [0.4, 0.5) is 5.69 Å². The molecule has 2 amide bonds. The van der Waals surface area contributed by atoms with Gasteiger partial charge in [-0.05, 0) is 54.8 Å². The number of hydrogen-bond donors (Lipinski definition) is 0. The molecule has 0 spiro atoms. The van der Waals surface area contributed by atoms with Crippen LogP contribution >= 0.6 is 23.1 Å². The van der Waals surface area contributed by atoms with Gasteiger partial charge in [-0.15, -0.1) is 23.1 Å². The average molecular weight is 431 g/mol. The number of benzene rings is 1. The lowest BCUT2D eigenvalue weighted by Gasteiger charge is -2.27. The van der Waals surface area contributed by atoms with Crippen molar-refractivity contribution in [2.75, 3.05) is 30.9 Å². The zero-order valence-electron chi connectivity index (χ0n) is 16.6. The second kappa shape index (κ2) is 9.32. The standard InChI is InChI=1S/C22H26N2O3S2/c1-28-19-8-6-17(7-9-19)24-13-16(12-21(24)25)22(26)23(14-18-4-2-10-27-18)15-20-5-3-11-29-20/h3,5-9,11,16,18H,2,4,10,12-15H2,1H3. The minimum Gasteiger partial charge on any atom is -0.376 e. The summed E-state index contributed by atoms with van der Waals surface area (Å²) in [6.45, 7) is 2.41. The summed E-state index contributed by atoms with van der Waals surface area (Å²) in [5.41, 5.74) is 0.868. The van der Waals surface area contributed by atoms with E-state index < -0.39 is 0 Å². The number of thioether (sulfide) groups is 1. The predicted octanol–water partition coefficient (Wildman–Crippen LogP) is 4.03. The molecule has 0 N–H and O–H groups in total. The van der Waals surface area contributed by atoms with Crippen molar-refractivity contribution in [1.82, 2.24) is 4.90 Å². The molecule has 5 nitrogen and oxygen atoms in total. The fourth-order valence-electron chi connectivity index (χ4n) is 4.00. The Hall–Kier alpha value is -1.83. The van der Waals surface area contributed by atoms with E-state index in [0.29, 0.717) is 19.6 Å². The van der Waals surface area contributed by atoms with Crippen molar-refractivity contribution in [2.24, 2.45) is 5.92 Å². The summed E-state index contributed by atoms with van der Waals surface area (Å²) in [5, 5.41) is 2.03. The first kappa shape index (κ1) is 20.4. The van der Waals surface area contributed by atoms with Crippen molar-refractivity contribution in [3.8, 4) is 0 Å². The second-order valence-electron chi connectivity index (χ2n) is 7.54. The second-order valence-corrected chi connectivity index (χ2v) is 9.45. The van der Waals surface area contributed by atoms with E-state index in [-0.39, 0.29) is 30.3 Å². The molecule has 2 atom stereocenters. The monoisotopic (exact) mass is 430 g/mol. The molecule has 0 aliphatic carbocycles. The Morgan fingerprint density at radius 3 is 2.79 bits per heavy atom. The van der Waals surface area contributed by atoms with Gasteiger partial charge in [-0.1, -0.05) is 6.07 Å². The Morgan fingerprint density at radius 2 is 2.14 bits per heavy atom. The maximum absolute atomic E-state index is 13.4. The average Bonchev–Trinajstić information content (AvgIpc) is 3.50. The highest BCUT2D eigenvalue weighted by Crippen LogP contribution is 2.29. The third kappa shape index (κ3) is 4.85. The van der Waals surface area contributed by atoms with Crippen LogP contribution in [-0.4, -0.2) is 48.8 Å². The van der Waals surface area contributed by atoms with Crippen LogP contribution in [0.3, 0.4) is 0 Å².